The van der Waals surface area contributed by atoms with Gasteiger partial charge in [0.05, 0.1) is 12.2 Å². The van der Waals surface area contributed by atoms with Crippen LogP contribution in [0.4, 0.5) is 5.13 Å². The summed E-state index contributed by atoms with van der Waals surface area (Å²) < 4.78 is 0. The Kier molecular flexibility index (Phi) is 2.71. The van der Waals surface area contributed by atoms with Crippen molar-refractivity contribution in [3.63, 3.8) is 0 Å². The van der Waals surface area contributed by atoms with Gasteiger partial charge in [0.2, 0.25) is 0 Å². The van der Waals surface area contributed by atoms with Gasteiger partial charge in [0, 0.05) is 4.88 Å². The first-order valence-electron chi connectivity index (χ1n) is 5.54. The van der Waals surface area contributed by atoms with Crippen molar-refractivity contribution in [2.24, 2.45) is 0 Å². The van der Waals surface area contributed by atoms with Crippen molar-refractivity contribution in [3.05, 3.63) is 22.7 Å². The number of aromatic nitrogens is 4. The van der Waals surface area contributed by atoms with Crippen LogP contribution in [0.25, 0.3) is 0 Å². The maximum absolute atomic E-state index is 11.0. The van der Waals surface area contributed by atoms with E-state index in [1.54, 1.807) is 0 Å². The summed E-state index contributed by atoms with van der Waals surface area (Å²) >= 11 is 1.52. The number of H-pyrrole nitrogens is 1. The minimum Gasteiger partial charge on any atom is -0.481 e. The number of hydrogen-bond donors (Lipinski definition) is 3. The molecule has 3 N–H and O–H groups in total. The van der Waals surface area contributed by atoms with Crippen LogP contribution >= 0.6 is 11.3 Å². The lowest BCUT2D eigenvalue weighted by Gasteiger charge is -2.02. The van der Waals surface area contributed by atoms with Gasteiger partial charge in [-0.1, -0.05) is 0 Å². The summed E-state index contributed by atoms with van der Waals surface area (Å²) in [6, 6.07) is 0. The molecule has 2 aromatic heterocycles. The third-order valence-electron chi connectivity index (χ3n) is 2.89. The molecule has 0 saturated heterocycles. The molecule has 1 aliphatic rings. The maximum Gasteiger partial charge on any atom is 0.312 e. The Hall–Kier alpha value is -1.96. The number of anilines is 1. The minimum atomic E-state index is -0.791. The number of aryl methyl sites for hydroxylation is 1. The topological polar surface area (TPSA) is 104 Å². The fourth-order valence-electron chi connectivity index (χ4n) is 2.02. The highest BCUT2D eigenvalue weighted by molar-refractivity contribution is 7.15. The largest absolute Gasteiger partial charge is 0.481 e. The highest BCUT2D eigenvalue weighted by Crippen LogP contribution is 2.38. The van der Waals surface area contributed by atoms with E-state index in [4.69, 9.17) is 5.11 Å². The molecule has 1 unspecified atom stereocenters. The Morgan fingerprint density at radius 1 is 1.67 bits per heavy atom. The number of aliphatic carboxylic acids is 1. The number of nitrogens with zero attached hydrogens (tertiary/aromatic N) is 3. The quantitative estimate of drug-likeness (QED) is 0.761. The molecule has 2 aromatic rings. The second-order valence-corrected chi connectivity index (χ2v) is 5.13. The van der Waals surface area contributed by atoms with Crippen LogP contribution in [0.5, 0.6) is 0 Å². The third kappa shape index (κ3) is 1.94. The molecule has 0 aromatic carbocycles. The van der Waals surface area contributed by atoms with E-state index in [1.807, 2.05) is 0 Å². The summed E-state index contributed by atoms with van der Waals surface area (Å²) in [6.07, 6.45) is 2.90. The normalized spacial score (nSPS) is 17.7. The van der Waals surface area contributed by atoms with Crippen molar-refractivity contribution in [2.75, 3.05) is 5.32 Å². The monoisotopic (exact) mass is 265 g/mol. The predicted octanol–water partition coefficient (Wildman–Crippen LogP) is 0.988. The van der Waals surface area contributed by atoms with Gasteiger partial charge in [-0.15, -0.1) is 11.3 Å². The van der Waals surface area contributed by atoms with Crippen molar-refractivity contribution in [2.45, 2.75) is 25.3 Å². The Bertz CT molecular complexity index is 565. The van der Waals surface area contributed by atoms with Gasteiger partial charge in [-0.3, -0.25) is 9.89 Å². The minimum absolute atomic E-state index is 0.447. The van der Waals surface area contributed by atoms with E-state index in [0.29, 0.717) is 18.7 Å². The summed E-state index contributed by atoms with van der Waals surface area (Å²) in [4.78, 5) is 20.5. The Morgan fingerprint density at radius 3 is 3.28 bits per heavy atom. The van der Waals surface area contributed by atoms with Gasteiger partial charge >= 0.3 is 5.97 Å². The first-order valence-corrected chi connectivity index (χ1v) is 6.36. The number of nitrogens with one attached hydrogen (secondary N) is 2. The van der Waals surface area contributed by atoms with Gasteiger partial charge in [0.25, 0.3) is 0 Å². The number of aromatic amines is 1. The van der Waals surface area contributed by atoms with Crippen LogP contribution in [0.3, 0.4) is 0 Å². The standard InChI is InChI=1S/C10H11N5O2S/c16-9(17)5-1-2-6-8(5)14-10(18-6)11-3-7-12-4-13-15-7/h4-5H,1-3H2,(H,11,14)(H,16,17)(H,12,13,15). The predicted molar refractivity (Wildman–Crippen MR) is 64.5 cm³/mol. The molecule has 0 bridgehead atoms. The molecule has 0 spiro atoms. The SMILES string of the molecule is O=C(O)C1CCc2sc(NCc3ncn[nH]3)nc21. The molecule has 18 heavy (non-hydrogen) atoms. The Balaban J connectivity index is 1.72. The van der Waals surface area contributed by atoms with Crippen LogP contribution in [0.2, 0.25) is 0 Å². The Morgan fingerprint density at radius 2 is 2.56 bits per heavy atom. The van der Waals surface area contributed by atoms with Gasteiger partial charge in [-0.05, 0) is 12.8 Å². The average Bonchev–Trinajstić information content (AvgIpc) is 3.02. The van der Waals surface area contributed by atoms with Gasteiger partial charge in [0.15, 0.2) is 5.13 Å². The number of thiazole rings is 1. The van der Waals surface area contributed by atoms with Gasteiger partial charge in [0.1, 0.15) is 18.1 Å². The molecular formula is C10H11N5O2S. The number of fused-ring (bicyclic) bond motifs is 1. The molecule has 0 saturated carbocycles. The molecule has 2 heterocycles. The van der Waals surface area contributed by atoms with Crippen molar-refractivity contribution in [1.29, 1.82) is 0 Å². The van der Waals surface area contributed by atoms with Crippen LogP contribution in [-0.2, 0) is 17.8 Å². The summed E-state index contributed by atoms with van der Waals surface area (Å²) in [6.45, 7) is 0.504. The van der Waals surface area contributed by atoms with Crippen LogP contribution in [0.15, 0.2) is 6.33 Å². The number of hydrogen-bond acceptors (Lipinski definition) is 6. The van der Waals surface area contributed by atoms with E-state index in [0.717, 1.165) is 22.3 Å². The molecule has 1 atom stereocenters. The van der Waals surface area contributed by atoms with Crippen LogP contribution < -0.4 is 5.32 Å². The number of rotatable bonds is 4. The highest BCUT2D eigenvalue weighted by atomic mass is 32.1. The number of carbonyl (C=O) groups is 1. The molecule has 7 nitrogen and oxygen atoms in total. The zero-order chi connectivity index (χ0) is 12.5. The van der Waals surface area contributed by atoms with E-state index < -0.39 is 11.9 Å². The van der Waals surface area contributed by atoms with E-state index in [1.165, 1.54) is 17.7 Å². The van der Waals surface area contributed by atoms with E-state index in [2.05, 4.69) is 25.5 Å². The molecule has 0 fully saturated rings. The molecule has 0 radical (unpaired) electrons. The fourth-order valence-corrected chi connectivity index (χ4v) is 3.05. The van der Waals surface area contributed by atoms with Gasteiger partial charge < -0.3 is 10.4 Å². The van der Waals surface area contributed by atoms with Crippen LogP contribution in [0.1, 0.15) is 28.7 Å². The number of carboxylic acid groups (broad SMARTS) is 1. The van der Waals surface area contributed by atoms with Crippen LogP contribution in [-0.4, -0.2) is 31.2 Å². The summed E-state index contributed by atoms with van der Waals surface area (Å²) in [5.41, 5.74) is 0.715. The zero-order valence-electron chi connectivity index (χ0n) is 9.38. The first kappa shape index (κ1) is 11.1. The lowest BCUT2D eigenvalue weighted by atomic mass is 10.1. The lowest BCUT2D eigenvalue weighted by Crippen LogP contribution is -2.09. The molecule has 0 amide bonds. The van der Waals surface area contributed by atoms with Crippen molar-refractivity contribution in [1.82, 2.24) is 20.2 Å². The third-order valence-corrected chi connectivity index (χ3v) is 3.98. The van der Waals surface area contributed by atoms with Crippen molar-refractivity contribution < 1.29 is 9.90 Å². The average molecular weight is 265 g/mol. The van der Waals surface area contributed by atoms with Crippen molar-refractivity contribution in [3.8, 4) is 0 Å². The van der Waals surface area contributed by atoms with Crippen LogP contribution in [0, 0.1) is 0 Å². The van der Waals surface area contributed by atoms with Gasteiger partial charge in [-0.25, -0.2) is 9.97 Å². The number of carboxylic acids is 1. The van der Waals surface area contributed by atoms with E-state index in [-0.39, 0.29) is 0 Å². The van der Waals surface area contributed by atoms with E-state index >= 15 is 0 Å². The summed E-state index contributed by atoms with van der Waals surface area (Å²) in [7, 11) is 0. The first-order chi connectivity index (χ1) is 8.74. The maximum atomic E-state index is 11.0. The van der Waals surface area contributed by atoms with Crippen molar-refractivity contribution >= 4 is 22.4 Å². The smallest absolute Gasteiger partial charge is 0.312 e. The molecule has 8 heteroatoms. The molecule has 0 aliphatic heterocycles. The Labute approximate surface area is 106 Å². The molecule has 94 valence electrons. The highest BCUT2D eigenvalue weighted by Gasteiger charge is 2.32. The van der Waals surface area contributed by atoms with Gasteiger partial charge in [-0.2, -0.15) is 5.10 Å². The second-order valence-electron chi connectivity index (χ2n) is 4.04. The molecule has 3 rings (SSSR count). The fraction of sp³-hybridized carbons (Fsp3) is 0.400. The molecular weight excluding hydrogens is 254 g/mol. The second kappa shape index (κ2) is 4.37. The summed E-state index contributed by atoms with van der Waals surface area (Å²) in [5.74, 6) is -0.516. The lowest BCUT2D eigenvalue weighted by molar-refractivity contribution is -0.138. The summed E-state index contributed by atoms with van der Waals surface area (Å²) in [5, 5.41) is 19.4. The zero-order valence-corrected chi connectivity index (χ0v) is 10.2. The van der Waals surface area contributed by atoms with E-state index in [9.17, 15) is 4.79 Å². The molecule has 1 aliphatic carbocycles.